The van der Waals surface area contributed by atoms with E-state index in [-0.39, 0.29) is 22.5 Å². The molecule has 2 rings (SSSR count). The Morgan fingerprint density at radius 3 is 2.26 bits per heavy atom. The predicted octanol–water partition coefficient (Wildman–Crippen LogP) is 4.11. The largest absolute Gasteiger partial charge is 0.494 e. The van der Waals surface area contributed by atoms with Gasteiger partial charge in [0.1, 0.15) is 34.8 Å². The maximum absolute atomic E-state index is 12.0. The highest BCUT2D eigenvalue weighted by atomic mass is 16.5. The summed E-state index contributed by atoms with van der Waals surface area (Å²) in [6, 6.07) is 10.8. The first kappa shape index (κ1) is 20.1. The molecular weight excluding hydrogens is 340 g/mol. The van der Waals surface area contributed by atoms with E-state index in [1.807, 2.05) is 12.1 Å². The number of H-pyrrole nitrogens is 1. The van der Waals surface area contributed by atoms with Crippen LogP contribution in [0.5, 0.6) is 5.75 Å². The monoisotopic (exact) mass is 364 g/mol. The van der Waals surface area contributed by atoms with Crippen LogP contribution in [-0.4, -0.2) is 11.6 Å². The van der Waals surface area contributed by atoms with E-state index < -0.39 is 5.56 Å². The van der Waals surface area contributed by atoms with Crippen LogP contribution >= 0.6 is 0 Å². The van der Waals surface area contributed by atoms with E-state index in [4.69, 9.17) is 10.5 Å². The number of nitrogen functional groups attached to an aromatic ring is 1. The average molecular weight is 364 g/mol. The molecule has 0 spiro atoms. The number of anilines is 1. The number of rotatable bonds is 9. The van der Waals surface area contributed by atoms with Gasteiger partial charge in [0.05, 0.1) is 6.61 Å². The molecule has 0 aliphatic heterocycles. The van der Waals surface area contributed by atoms with E-state index in [9.17, 15) is 15.3 Å². The maximum atomic E-state index is 12.0. The van der Waals surface area contributed by atoms with Crippen LogP contribution in [0, 0.1) is 22.7 Å². The molecule has 6 heteroatoms. The Bertz CT molecular complexity index is 902. The summed E-state index contributed by atoms with van der Waals surface area (Å²) < 4.78 is 5.74. The smallest absolute Gasteiger partial charge is 0.268 e. The number of nitrogens with two attached hydrogens (primary N) is 1. The van der Waals surface area contributed by atoms with Gasteiger partial charge in [0, 0.05) is 5.56 Å². The van der Waals surface area contributed by atoms with Crippen LogP contribution < -0.4 is 16.0 Å². The fourth-order valence-corrected chi connectivity index (χ4v) is 2.92. The van der Waals surface area contributed by atoms with Crippen molar-refractivity contribution in [1.82, 2.24) is 4.98 Å². The van der Waals surface area contributed by atoms with Crippen molar-refractivity contribution in [3.8, 4) is 29.0 Å². The van der Waals surface area contributed by atoms with Gasteiger partial charge in [0.15, 0.2) is 0 Å². The van der Waals surface area contributed by atoms with Crippen molar-refractivity contribution in [2.24, 2.45) is 0 Å². The standard InChI is InChI=1S/C21H24N4O2/c1-2-3-4-5-6-7-12-27-16-10-8-15(9-11-16)19-17(13-22)20(24)25-21(26)18(19)14-23/h8-11H,2-7,12H2,1H3,(H3,24,25,26). The SMILES string of the molecule is CCCCCCCCOc1ccc(-c2c(C#N)c(N)[nH]c(=O)c2C#N)cc1. The Morgan fingerprint density at radius 2 is 1.63 bits per heavy atom. The molecule has 0 bridgehead atoms. The number of aromatic nitrogens is 1. The third-order valence-electron chi connectivity index (χ3n) is 4.38. The molecule has 0 aliphatic rings. The molecule has 0 aliphatic carbocycles. The van der Waals surface area contributed by atoms with E-state index in [2.05, 4.69) is 11.9 Å². The van der Waals surface area contributed by atoms with Gasteiger partial charge in [-0.2, -0.15) is 10.5 Å². The van der Waals surface area contributed by atoms with Gasteiger partial charge in [0.2, 0.25) is 0 Å². The Labute approximate surface area is 159 Å². The lowest BCUT2D eigenvalue weighted by atomic mass is 9.96. The van der Waals surface area contributed by atoms with Gasteiger partial charge in [-0.25, -0.2) is 0 Å². The van der Waals surface area contributed by atoms with Gasteiger partial charge >= 0.3 is 0 Å². The summed E-state index contributed by atoms with van der Waals surface area (Å²) >= 11 is 0. The second kappa shape index (κ2) is 10.0. The fraction of sp³-hybridized carbons (Fsp3) is 0.381. The van der Waals surface area contributed by atoms with Crippen molar-refractivity contribution in [1.29, 1.82) is 10.5 Å². The van der Waals surface area contributed by atoms with Gasteiger partial charge < -0.3 is 15.5 Å². The summed E-state index contributed by atoms with van der Waals surface area (Å²) in [5, 5.41) is 18.7. The molecule has 27 heavy (non-hydrogen) atoms. The van der Waals surface area contributed by atoms with E-state index in [1.165, 1.54) is 25.7 Å². The molecule has 0 fully saturated rings. The van der Waals surface area contributed by atoms with Crippen molar-refractivity contribution in [2.45, 2.75) is 45.4 Å². The van der Waals surface area contributed by atoms with Crippen LogP contribution in [-0.2, 0) is 0 Å². The zero-order chi connectivity index (χ0) is 19.6. The molecule has 3 N–H and O–H groups in total. The zero-order valence-electron chi connectivity index (χ0n) is 15.5. The topological polar surface area (TPSA) is 116 Å². The number of ether oxygens (including phenoxy) is 1. The molecule has 0 radical (unpaired) electrons. The number of pyridine rings is 1. The van der Waals surface area contributed by atoms with Gasteiger partial charge in [-0.3, -0.25) is 4.79 Å². The molecule has 0 amide bonds. The second-order valence-electron chi connectivity index (χ2n) is 6.36. The summed E-state index contributed by atoms with van der Waals surface area (Å²) in [6.07, 6.45) is 7.18. The average Bonchev–Trinajstić information content (AvgIpc) is 2.67. The third-order valence-corrected chi connectivity index (χ3v) is 4.38. The molecule has 1 aromatic carbocycles. The van der Waals surface area contributed by atoms with Crippen LogP contribution in [0.15, 0.2) is 29.1 Å². The number of nitriles is 2. The van der Waals surface area contributed by atoms with Crippen LogP contribution in [0.25, 0.3) is 11.1 Å². The van der Waals surface area contributed by atoms with E-state index in [0.29, 0.717) is 17.9 Å². The summed E-state index contributed by atoms with van der Waals surface area (Å²) in [5.41, 5.74) is 5.93. The van der Waals surface area contributed by atoms with Gasteiger partial charge in [-0.15, -0.1) is 0 Å². The van der Waals surface area contributed by atoms with Crippen molar-refractivity contribution < 1.29 is 4.74 Å². The summed E-state index contributed by atoms with van der Waals surface area (Å²) in [6.45, 7) is 2.85. The fourth-order valence-electron chi connectivity index (χ4n) is 2.92. The summed E-state index contributed by atoms with van der Waals surface area (Å²) in [7, 11) is 0. The minimum atomic E-state index is -0.604. The molecule has 2 aromatic rings. The molecule has 0 atom stereocenters. The van der Waals surface area contributed by atoms with Gasteiger partial charge in [-0.05, 0) is 24.1 Å². The highest BCUT2D eigenvalue weighted by Crippen LogP contribution is 2.29. The molecule has 0 unspecified atom stereocenters. The number of nitrogens with zero attached hydrogens (tertiary/aromatic N) is 2. The predicted molar refractivity (Wildman–Crippen MR) is 105 cm³/mol. The minimum Gasteiger partial charge on any atom is -0.494 e. The van der Waals surface area contributed by atoms with Crippen molar-refractivity contribution in [2.75, 3.05) is 12.3 Å². The number of nitrogens with one attached hydrogen (secondary N) is 1. The van der Waals surface area contributed by atoms with Crippen LogP contribution in [0.2, 0.25) is 0 Å². The number of unbranched alkanes of at least 4 members (excludes halogenated alkanes) is 5. The molecular formula is C21H24N4O2. The molecule has 1 heterocycles. The highest BCUT2D eigenvalue weighted by Gasteiger charge is 2.17. The van der Waals surface area contributed by atoms with Crippen LogP contribution in [0.3, 0.4) is 0 Å². The number of benzene rings is 1. The Morgan fingerprint density at radius 1 is 1.00 bits per heavy atom. The zero-order valence-corrected chi connectivity index (χ0v) is 15.5. The Balaban J connectivity index is 2.09. The molecule has 1 aromatic heterocycles. The Kier molecular flexibility index (Phi) is 7.46. The first-order chi connectivity index (χ1) is 13.1. The second-order valence-corrected chi connectivity index (χ2v) is 6.36. The van der Waals surface area contributed by atoms with Crippen molar-refractivity contribution in [3.05, 3.63) is 45.7 Å². The Hall–Kier alpha value is -3.25. The lowest BCUT2D eigenvalue weighted by molar-refractivity contribution is 0.304. The quantitative estimate of drug-likeness (QED) is 0.650. The normalized spacial score (nSPS) is 10.2. The van der Waals surface area contributed by atoms with Gasteiger partial charge in [0.25, 0.3) is 5.56 Å². The van der Waals surface area contributed by atoms with E-state index >= 15 is 0 Å². The molecule has 0 saturated heterocycles. The maximum Gasteiger partial charge on any atom is 0.268 e. The first-order valence-electron chi connectivity index (χ1n) is 9.21. The first-order valence-corrected chi connectivity index (χ1v) is 9.21. The van der Waals surface area contributed by atoms with E-state index in [1.54, 1.807) is 24.3 Å². The molecule has 140 valence electrons. The molecule has 0 saturated carbocycles. The third kappa shape index (κ3) is 5.12. The summed E-state index contributed by atoms with van der Waals surface area (Å²) in [5.74, 6) is 0.669. The number of hydrogen-bond acceptors (Lipinski definition) is 5. The summed E-state index contributed by atoms with van der Waals surface area (Å²) in [4.78, 5) is 14.3. The van der Waals surface area contributed by atoms with E-state index in [0.717, 1.165) is 12.8 Å². The molecule has 6 nitrogen and oxygen atoms in total. The number of aromatic amines is 1. The van der Waals surface area contributed by atoms with Crippen LogP contribution in [0.4, 0.5) is 5.82 Å². The van der Waals surface area contributed by atoms with Gasteiger partial charge in [-0.1, -0.05) is 51.2 Å². The lowest BCUT2D eigenvalue weighted by Gasteiger charge is -2.10. The van der Waals surface area contributed by atoms with Crippen molar-refractivity contribution >= 4 is 5.82 Å². The highest BCUT2D eigenvalue weighted by molar-refractivity contribution is 5.80. The lowest BCUT2D eigenvalue weighted by Crippen LogP contribution is -2.16. The van der Waals surface area contributed by atoms with Crippen molar-refractivity contribution in [3.63, 3.8) is 0 Å². The minimum absolute atomic E-state index is 0.0418. The number of hydrogen-bond donors (Lipinski definition) is 2. The van der Waals surface area contributed by atoms with Crippen LogP contribution in [0.1, 0.15) is 56.6 Å².